The summed E-state index contributed by atoms with van der Waals surface area (Å²) in [5.74, 6) is -1.84. The molecule has 2 aromatic heterocycles. The molecule has 0 bridgehead atoms. The molecule has 2 amide bonds. The lowest BCUT2D eigenvalue weighted by Crippen LogP contribution is -2.25. The Morgan fingerprint density at radius 1 is 1.03 bits per heavy atom. The highest BCUT2D eigenvalue weighted by Gasteiger charge is 2.17. The Hall–Kier alpha value is -3.50. The summed E-state index contributed by atoms with van der Waals surface area (Å²) in [7, 11) is 0. The minimum Gasteiger partial charge on any atom is -0.506 e. The Balaban J connectivity index is 1.67. The van der Waals surface area contributed by atoms with Crippen LogP contribution in [-0.2, 0) is 4.79 Å². The van der Waals surface area contributed by atoms with Gasteiger partial charge in [-0.25, -0.2) is 5.43 Å². The first-order chi connectivity index (χ1) is 15.7. The second-order valence-corrected chi connectivity index (χ2v) is 9.29. The van der Waals surface area contributed by atoms with Crippen LogP contribution in [0.25, 0.3) is 10.4 Å². The van der Waals surface area contributed by atoms with Gasteiger partial charge in [0.05, 0.1) is 32.3 Å². The highest BCUT2D eigenvalue weighted by atomic mass is 32.1. The molecule has 2 heterocycles. The molecule has 0 spiro atoms. The smallest absolute Gasteiger partial charge is 0.305 e. The van der Waals surface area contributed by atoms with Crippen molar-refractivity contribution in [1.82, 2.24) is 10.7 Å². The highest BCUT2D eigenvalue weighted by molar-refractivity contribution is 7.16. The summed E-state index contributed by atoms with van der Waals surface area (Å²) in [6.07, 6.45) is -0.181. The molecule has 0 aliphatic carbocycles. The van der Waals surface area contributed by atoms with Crippen LogP contribution in [0.2, 0.25) is 0 Å². The van der Waals surface area contributed by atoms with Crippen LogP contribution >= 0.6 is 22.7 Å². The molecule has 0 unspecified atom stereocenters. The number of hydrogen-bond acceptors (Lipinski definition) is 7. The molecule has 0 atom stereocenters. The van der Waals surface area contributed by atoms with Crippen molar-refractivity contribution in [1.29, 1.82) is 0 Å². The lowest BCUT2D eigenvalue weighted by Gasteiger charge is -2.05. The Bertz CT molecular complexity index is 1240. The van der Waals surface area contributed by atoms with Crippen molar-refractivity contribution >= 4 is 46.2 Å². The molecule has 3 aromatic rings. The molecule has 33 heavy (non-hydrogen) atoms. The van der Waals surface area contributed by atoms with Crippen LogP contribution < -0.4 is 10.7 Å². The molecule has 0 saturated carbocycles. The van der Waals surface area contributed by atoms with Crippen LogP contribution in [0.3, 0.4) is 0 Å². The Morgan fingerprint density at radius 3 is 2.39 bits per heavy atom. The third-order valence-electron chi connectivity index (χ3n) is 4.93. The van der Waals surface area contributed by atoms with E-state index in [2.05, 4.69) is 15.8 Å². The van der Waals surface area contributed by atoms with Crippen LogP contribution in [-0.4, -0.2) is 40.3 Å². The summed E-state index contributed by atoms with van der Waals surface area (Å²) in [5.41, 5.74) is 6.62. The molecule has 0 aliphatic rings. The first kappa shape index (κ1) is 24.1. The summed E-state index contributed by atoms with van der Waals surface area (Å²) in [6, 6.07) is 8.97. The molecule has 10 heteroatoms. The largest absolute Gasteiger partial charge is 0.506 e. The molecule has 0 aliphatic heterocycles. The summed E-state index contributed by atoms with van der Waals surface area (Å²) in [6.45, 7) is 5.73. The first-order valence-electron chi connectivity index (χ1n) is 10.00. The fourth-order valence-corrected chi connectivity index (χ4v) is 4.71. The van der Waals surface area contributed by atoms with Gasteiger partial charge in [-0.1, -0.05) is 18.2 Å². The molecule has 3 rings (SSSR count). The second-order valence-electron chi connectivity index (χ2n) is 7.33. The van der Waals surface area contributed by atoms with E-state index in [9.17, 15) is 19.5 Å². The summed E-state index contributed by atoms with van der Waals surface area (Å²) >= 11 is 2.37. The summed E-state index contributed by atoms with van der Waals surface area (Å²) in [4.78, 5) is 36.3. The van der Waals surface area contributed by atoms with Gasteiger partial charge >= 0.3 is 5.97 Å². The van der Waals surface area contributed by atoms with E-state index in [1.165, 1.54) is 29.0 Å². The number of nitrogens with zero attached hydrogens (tertiary/aromatic N) is 1. The Morgan fingerprint density at radius 2 is 1.73 bits per heavy atom. The van der Waals surface area contributed by atoms with E-state index < -0.39 is 17.8 Å². The van der Waals surface area contributed by atoms with Crippen LogP contribution in [0.5, 0.6) is 5.75 Å². The van der Waals surface area contributed by atoms with Crippen LogP contribution in [0.4, 0.5) is 0 Å². The third-order valence-corrected chi connectivity index (χ3v) is 7.03. The van der Waals surface area contributed by atoms with E-state index >= 15 is 0 Å². The normalized spacial score (nSPS) is 11.3. The van der Waals surface area contributed by atoms with Gasteiger partial charge in [0, 0.05) is 11.9 Å². The molecular weight excluding hydrogens is 462 g/mol. The van der Waals surface area contributed by atoms with Gasteiger partial charge in [-0.05, 0) is 49.6 Å². The number of benzene rings is 1. The number of nitrogens with one attached hydrogen (secondary N) is 2. The average Bonchev–Trinajstić information content (AvgIpc) is 3.41. The van der Waals surface area contributed by atoms with E-state index in [1.54, 1.807) is 12.3 Å². The van der Waals surface area contributed by atoms with E-state index in [-0.39, 0.29) is 23.6 Å². The lowest BCUT2D eigenvalue weighted by molar-refractivity contribution is -0.136. The molecule has 8 nitrogen and oxygen atoms in total. The minimum absolute atomic E-state index is 0.00532. The number of carbonyl (C=O) groups excluding carboxylic acids is 2. The predicted octanol–water partition coefficient (Wildman–Crippen LogP) is 4.16. The van der Waals surface area contributed by atoms with Crippen LogP contribution in [0.1, 0.15) is 49.4 Å². The number of amides is 2. The maximum Gasteiger partial charge on any atom is 0.305 e. The van der Waals surface area contributed by atoms with Gasteiger partial charge in [0.15, 0.2) is 0 Å². The monoisotopic (exact) mass is 485 g/mol. The number of aliphatic carboxylic acids is 1. The SMILES string of the molecule is C/C(=N\NC(=O)c1ccc(C(=O)NCCC(=O)O)s1)c1csc(-c2ccc(C)c(C)c2)c1O. The Labute approximate surface area is 198 Å². The minimum atomic E-state index is -1.01. The number of hydrogen-bond donors (Lipinski definition) is 4. The number of rotatable bonds is 8. The molecule has 4 N–H and O–H groups in total. The van der Waals surface area contributed by atoms with E-state index in [0.717, 1.165) is 27.3 Å². The third kappa shape index (κ3) is 5.85. The number of aromatic hydroxyl groups is 1. The van der Waals surface area contributed by atoms with Gasteiger partial charge in [0.25, 0.3) is 11.8 Å². The van der Waals surface area contributed by atoms with Crippen molar-refractivity contribution in [2.45, 2.75) is 27.2 Å². The van der Waals surface area contributed by atoms with Crippen molar-refractivity contribution < 1.29 is 24.6 Å². The maximum atomic E-state index is 12.4. The lowest BCUT2D eigenvalue weighted by atomic mass is 10.0. The summed E-state index contributed by atoms with van der Waals surface area (Å²) in [5, 5.41) is 27.7. The van der Waals surface area contributed by atoms with E-state index in [1.807, 2.05) is 32.0 Å². The number of hydrazone groups is 1. The zero-order chi connectivity index (χ0) is 24.1. The van der Waals surface area contributed by atoms with Crippen molar-refractivity contribution in [2.75, 3.05) is 6.54 Å². The number of carbonyl (C=O) groups is 3. The molecule has 0 radical (unpaired) electrons. The Kier molecular flexibility index (Phi) is 7.62. The van der Waals surface area contributed by atoms with E-state index in [0.29, 0.717) is 16.2 Å². The molecule has 1 aromatic carbocycles. The zero-order valence-corrected chi connectivity index (χ0v) is 19.9. The molecule has 0 saturated heterocycles. The number of carboxylic acid groups (broad SMARTS) is 1. The topological polar surface area (TPSA) is 128 Å². The molecule has 0 fully saturated rings. The van der Waals surface area contributed by atoms with Crippen molar-refractivity contribution in [3.05, 3.63) is 62.2 Å². The molecular formula is C23H23N3O5S2. The maximum absolute atomic E-state index is 12.4. The van der Waals surface area contributed by atoms with Gasteiger partial charge in [0.2, 0.25) is 0 Å². The van der Waals surface area contributed by atoms with E-state index in [4.69, 9.17) is 5.11 Å². The first-order valence-corrected chi connectivity index (χ1v) is 11.7. The summed E-state index contributed by atoms with van der Waals surface area (Å²) < 4.78 is 0. The van der Waals surface area contributed by atoms with Gasteiger partial charge in [-0.3, -0.25) is 14.4 Å². The van der Waals surface area contributed by atoms with Gasteiger partial charge in [-0.15, -0.1) is 22.7 Å². The number of thiophene rings is 2. The van der Waals surface area contributed by atoms with Crippen LogP contribution in [0.15, 0.2) is 40.8 Å². The van der Waals surface area contributed by atoms with Gasteiger partial charge in [0.1, 0.15) is 5.75 Å². The van der Waals surface area contributed by atoms with Gasteiger partial charge in [-0.2, -0.15) is 5.10 Å². The quantitative estimate of drug-likeness (QED) is 0.281. The average molecular weight is 486 g/mol. The van der Waals surface area contributed by atoms with Crippen molar-refractivity contribution in [3.63, 3.8) is 0 Å². The van der Waals surface area contributed by atoms with Gasteiger partial charge < -0.3 is 15.5 Å². The van der Waals surface area contributed by atoms with Crippen LogP contribution in [0, 0.1) is 13.8 Å². The fourth-order valence-electron chi connectivity index (χ4n) is 2.90. The number of aryl methyl sites for hydroxylation is 2. The zero-order valence-electron chi connectivity index (χ0n) is 18.3. The molecule has 172 valence electrons. The number of carboxylic acids is 1. The van der Waals surface area contributed by atoms with Crippen molar-refractivity contribution in [2.24, 2.45) is 5.10 Å². The standard InChI is InChI=1S/C23H23N3O5S2/c1-12-4-5-15(10-13(12)2)21-20(29)16(11-32-21)14(3)25-26-23(31)18-7-6-17(33-18)22(30)24-9-8-19(27)28/h4-7,10-11,29H,8-9H2,1-3H3,(H,24,30)(H,26,31)(H,27,28)/b25-14+. The fraction of sp³-hybridized carbons (Fsp3) is 0.217. The van der Waals surface area contributed by atoms with Crippen molar-refractivity contribution in [3.8, 4) is 16.2 Å². The highest BCUT2D eigenvalue weighted by Crippen LogP contribution is 2.39. The second kappa shape index (κ2) is 10.4. The predicted molar refractivity (Wildman–Crippen MR) is 129 cm³/mol.